The van der Waals surface area contributed by atoms with E-state index in [0.29, 0.717) is 57.6 Å². The third-order valence-electron chi connectivity index (χ3n) is 8.79. The Bertz CT molecular complexity index is 2070. The van der Waals surface area contributed by atoms with E-state index in [4.69, 9.17) is 26.3 Å². The number of hydrogen-bond acceptors (Lipinski definition) is 8. The highest BCUT2D eigenvalue weighted by Gasteiger charge is 2.49. The Hall–Kier alpha value is -4.27. The first-order valence-electron chi connectivity index (χ1n) is 14.9. The molecule has 7 rings (SSSR count). The van der Waals surface area contributed by atoms with Crippen molar-refractivity contribution in [3.63, 3.8) is 0 Å². The van der Waals surface area contributed by atoms with Crippen molar-refractivity contribution in [2.24, 2.45) is 7.05 Å². The number of alkyl halides is 1. The minimum absolute atomic E-state index is 0.0870. The zero-order valence-corrected chi connectivity index (χ0v) is 26.9. The molecule has 0 spiro atoms. The molecule has 15 heteroatoms. The lowest BCUT2D eigenvalue weighted by molar-refractivity contribution is 0.117. The normalized spacial score (nSPS) is 21.4. The molecule has 4 atom stereocenters. The number of nitrogens with zero attached hydrogens (tertiary/aromatic N) is 7. The lowest BCUT2D eigenvalue weighted by Gasteiger charge is -2.41. The van der Waals surface area contributed by atoms with E-state index in [9.17, 15) is 13.2 Å². The Morgan fingerprint density at radius 3 is 2.67 bits per heavy atom. The SMILES string of the molecule is CN(C)S(=O)(=O)n1cc(-c2ccc3nn(C)cc3c2Cl)c2ncc(N3[C@H]4CC[C@@H]3[C@@H](F)[C@H](NC(=O)OCc3ccccc3)C4)nc21. The van der Waals surface area contributed by atoms with Gasteiger partial charge in [0.15, 0.2) is 5.65 Å². The Morgan fingerprint density at radius 2 is 1.91 bits per heavy atom. The quantitative estimate of drug-likeness (QED) is 0.266. The molecule has 3 aromatic heterocycles. The lowest BCUT2D eigenvalue weighted by Crippen LogP contribution is -2.58. The van der Waals surface area contributed by atoms with Crippen LogP contribution in [-0.4, -0.2) is 80.9 Å². The van der Waals surface area contributed by atoms with Gasteiger partial charge in [0.25, 0.3) is 0 Å². The monoisotopic (exact) mass is 666 g/mol. The minimum Gasteiger partial charge on any atom is -0.445 e. The van der Waals surface area contributed by atoms with Crippen molar-refractivity contribution in [1.82, 2.24) is 33.3 Å². The van der Waals surface area contributed by atoms with E-state index in [1.807, 2.05) is 41.3 Å². The predicted molar refractivity (Wildman–Crippen MR) is 173 cm³/mol. The first kappa shape index (κ1) is 30.4. The molecule has 0 saturated carbocycles. The molecule has 0 radical (unpaired) electrons. The summed E-state index contributed by atoms with van der Waals surface area (Å²) in [6.45, 7) is 0.0870. The Kier molecular flexibility index (Phi) is 7.60. The molecule has 2 saturated heterocycles. The number of hydrogen-bond donors (Lipinski definition) is 1. The van der Waals surface area contributed by atoms with Crippen molar-refractivity contribution in [3.05, 3.63) is 71.6 Å². The number of rotatable bonds is 7. The third-order valence-corrected chi connectivity index (χ3v) is 10.9. The maximum Gasteiger partial charge on any atom is 0.407 e. The Labute approximate surface area is 269 Å². The summed E-state index contributed by atoms with van der Waals surface area (Å²) in [5.41, 5.74) is 3.04. The number of alkyl carbamates (subject to hydrolysis) is 1. The molecule has 0 aliphatic carbocycles. The molecule has 0 unspecified atom stereocenters. The van der Waals surface area contributed by atoms with Crippen LogP contribution in [0, 0.1) is 0 Å². The third kappa shape index (κ3) is 5.13. The van der Waals surface area contributed by atoms with Crippen LogP contribution in [0.5, 0.6) is 0 Å². The van der Waals surface area contributed by atoms with Gasteiger partial charge in [-0.25, -0.2) is 23.1 Å². The van der Waals surface area contributed by atoms with Crippen LogP contribution in [0.2, 0.25) is 5.02 Å². The van der Waals surface area contributed by atoms with E-state index in [0.717, 1.165) is 13.8 Å². The molecule has 5 aromatic rings. The first-order valence-corrected chi connectivity index (χ1v) is 16.6. The standard InChI is InChI=1S/C31H32ClFN8O4S/c1-38(2)46(43,44)40-16-21(20-10-11-23-22(27(20)32)15-39(3)37-23)29-30(40)36-26(14-34-29)41-19-9-12-25(41)28(33)24(13-19)35-31(42)45-17-18-7-5-4-6-8-18/h4-8,10-11,14-16,19,24-25,28H,9,12-13,17H2,1-3H3,(H,35,42)/t19-,24+,25+,28-/m0/s1. The van der Waals surface area contributed by atoms with Crippen LogP contribution in [-0.2, 0) is 28.6 Å². The molecule has 5 heterocycles. The fraction of sp³-hybridized carbons (Fsp3) is 0.355. The van der Waals surface area contributed by atoms with Gasteiger partial charge in [-0.15, -0.1) is 0 Å². The van der Waals surface area contributed by atoms with Crippen molar-refractivity contribution in [1.29, 1.82) is 0 Å². The van der Waals surface area contributed by atoms with E-state index >= 15 is 4.39 Å². The summed E-state index contributed by atoms with van der Waals surface area (Å²) in [5.74, 6) is 0.362. The number of ether oxygens (including phenoxy) is 1. The molecule has 2 bridgehead atoms. The molecule has 2 aromatic carbocycles. The van der Waals surface area contributed by atoms with Crippen LogP contribution < -0.4 is 10.2 Å². The molecule has 240 valence electrons. The minimum atomic E-state index is -4.03. The number of piperidine rings is 1. The zero-order chi connectivity index (χ0) is 32.3. The van der Waals surface area contributed by atoms with Crippen molar-refractivity contribution in [2.75, 3.05) is 19.0 Å². The van der Waals surface area contributed by atoms with Gasteiger partial charge in [0.05, 0.1) is 28.8 Å². The van der Waals surface area contributed by atoms with E-state index in [-0.39, 0.29) is 18.3 Å². The number of aromatic nitrogens is 5. The highest BCUT2D eigenvalue weighted by molar-refractivity contribution is 7.87. The van der Waals surface area contributed by atoms with Crippen molar-refractivity contribution < 1.29 is 22.3 Å². The molecule has 2 fully saturated rings. The van der Waals surface area contributed by atoms with Gasteiger partial charge >= 0.3 is 16.3 Å². The second kappa shape index (κ2) is 11.5. The predicted octanol–water partition coefficient (Wildman–Crippen LogP) is 4.67. The smallest absolute Gasteiger partial charge is 0.407 e. The van der Waals surface area contributed by atoms with E-state index in [1.54, 1.807) is 30.2 Å². The summed E-state index contributed by atoms with van der Waals surface area (Å²) in [4.78, 5) is 23.9. The topological polar surface area (TPSA) is 127 Å². The molecule has 1 amide bonds. The van der Waals surface area contributed by atoms with Crippen LogP contribution in [0.1, 0.15) is 24.8 Å². The maximum atomic E-state index is 16.0. The fourth-order valence-electron chi connectivity index (χ4n) is 6.57. The number of nitrogens with one attached hydrogen (secondary N) is 1. The van der Waals surface area contributed by atoms with Crippen molar-refractivity contribution in [2.45, 2.75) is 50.2 Å². The van der Waals surface area contributed by atoms with Crippen LogP contribution >= 0.6 is 11.6 Å². The van der Waals surface area contributed by atoms with Crippen LogP contribution in [0.15, 0.2) is 61.1 Å². The molecular weight excluding hydrogens is 635 g/mol. The second-order valence-electron chi connectivity index (χ2n) is 11.9. The highest BCUT2D eigenvalue weighted by Crippen LogP contribution is 2.42. The van der Waals surface area contributed by atoms with Gasteiger partial charge in [-0.05, 0) is 30.9 Å². The number of benzene rings is 2. The van der Waals surface area contributed by atoms with Gasteiger partial charge in [-0.1, -0.05) is 48.0 Å². The van der Waals surface area contributed by atoms with Crippen molar-refractivity contribution >= 4 is 55.8 Å². The van der Waals surface area contributed by atoms with Gasteiger partial charge in [-0.2, -0.15) is 17.8 Å². The molecule has 12 nitrogen and oxygen atoms in total. The van der Waals surface area contributed by atoms with Crippen LogP contribution in [0.25, 0.3) is 33.2 Å². The van der Waals surface area contributed by atoms with Gasteiger partial charge in [0.2, 0.25) is 0 Å². The largest absolute Gasteiger partial charge is 0.445 e. The maximum absolute atomic E-state index is 16.0. The number of fused-ring (bicyclic) bond motifs is 4. The van der Waals surface area contributed by atoms with Crippen LogP contribution in [0.3, 0.4) is 0 Å². The van der Waals surface area contributed by atoms with E-state index < -0.39 is 34.6 Å². The van der Waals surface area contributed by atoms with E-state index in [2.05, 4.69) is 10.4 Å². The number of carbonyl (C=O) groups excluding carboxylic acids is 1. The van der Waals surface area contributed by atoms with Gasteiger partial charge < -0.3 is 15.0 Å². The molecular formula is C31H32ClFN8O4S. The summed E-state index contributed by atoms with van der Waals surface area (Å²) < 4.78 is 52.2. The number of aryl methyl sites for hydroxylation is 1. The summed E-state index contributed by atoms with van der Waals surface area (Å²) in [6, 6.07) is 11.4. The summed E-state index contributed by atoms with van der Waals surface area (Å²) in [7, 11) is 0.638. The first-order chi connectivity index (χ1) is 22.0. The molecule has 2 aliphatic heterocycles. The number of halogens is 2. The Morgan fingerprint density at radius 1 is 1.13 bits per heavy atom. The molecule has 2 aliphatic rings. The van der Waals surface area contributed by atoms with E-state index in [1.165, 1.54) is 20.3 Å². The number of carbonyl (C=O) groups is 1. The highest BCUT2D eigenvalue weighted by atomic mass is 35.5. The second-order valence-corrected chi connectivity index (χ2v) is 14.3. The van der Waals surface area contributed by atoms with Crippen LogP contribution in [0.4, 0.5) is 15.0 Å². The van der Waals surface area contributed by atoms with Gasteiger partial charge in [-0.3, -0.25) is 4.68 Å². The lowest BCUT2D eigenvalue weighted by atomic mass is 9.95. The van der Waals surface area contributed by atoms with Gasteiger partial charge in [0, 0.05) is 56.1 Å². The zero-order valence-electron chi connectivity index (χ0n) is 25.3. The summed E-state index contributed by atoms with van der Waals surface area (Å²) >= 11 is 6.83. The fourth-order valence-corrected chi connectivity index (χ4v) is 7.82. The van der Waals surface area contributed by atoms with Crippen molar-refractivity contribution in [3.8, 4) is 11.1 Å². The van der Waals surface area contributed by atoms with Gasteiger partial charge in [0.1, 0.15) is 24.1 Å². The molecule has 1 N–H and O–H groups in total. The number of amides is 1. The average Bonchev–Trinajstić information content (AvgIpc) is 3.72. The Balaban J connectivity index is 1.21. The number of anilines is 1. The molecule has 46 heavy (non-hydrogen) atoms. The summed E-state index contributed by atoms with van der Waals surface area (Å²) in [6.07, 6.45) is 4.31. The average molecular weight is 667 g/mol. The summed E-state index contributed by atoms with van der Waals surface area (Å²) in [5, 5.41) is 8.25.